The van der Waals surface area contributed by atoms with E-state index in [1.165, 1.54) is 0 Å². The van der Waals surface area contributed by atoms with Crippen molar-refractivity contribution < 1.29 is 17.9 Å². The highest BCUT2D eigenvalue weighted by Gasteiger charge is 2.31. The molecule has 1 heterocycles. The van der Waals surface area contributed by atoms with Gasteiger partial charge in [-0.1, -0.05) is 12.8 Å². The number of amides is 1. The molecule has 2 atom stereocenters. The fourth-order valence-corrected chi connectivity index (χ4v) is 5.56. The van der Waals surface area contributed by atoms with E-state index in [1.54, 1.807) is 29.2 Å². The molecule has 1 amide bonds. The van der Waals surface area contributed by atoms with Gasteiger partial charge in [0.1, 0.15) is 0 Å². The van der Waals surface area contributed by atoms with E-state index in [9.17, 15) is 13.2 Å². The van der Waals surface area contributed by atoms with Crippen LogP contribution < -0.4 is 0 Å². The molecule has 2 aliphatic rings. The number of carbonyl (C=O) groups excluding carboxylic acids is 1. The molecule has 0 aromatic heterocycles. The van der Waals surface area contributed by atoms with Crippen LogP contribution in [0.3, 0.4) is 0 Å². The molecular weight excluding hydrogens is 326 g/mol. The van der Waals surface area contributed by atoms with Crippen LogP contribution in [0.15, 0.2) is 29.2 Å². The molecule has 1 aliphatic carbocycles. The predicted octanol–water partition coefficient (Wildman–Crippen LogP) is 2.65. The molecule has 24 heavy (non-hydrogen) atoms. The summed E-state index contributed by atoms with van der Waals surface area (Å²) in [5, 5.41) is -0.264. The first-order chi connectivity index (χ1) is 11.4. The van der Waals surface area contributed by atoms with Crippen molar-refractivity contribution in [2.24, 2.45) is 0 Å². The predicted molar refractivity (Wildman–Crippen MR) is 91.8 cm³/mol. The van der Waals surface area contributed by atoms with E-state index in [4.69, 9.17) is 4.74 Å². The summed E-state index contributed by atoms with van der Waals surface area (Å²) in [6.07, 6.45) is 3.47. The zero-order valence-corrected chi connectivity index (χ0v) is 15.1. The van der Waals surface area contributed by atoms with E-state index in [0.717, 1.165) is 25.7 Å². The SMILES string of the molecule is CC1CN(C(=O)c2ccc(S(=O)(=O)C3CCCC3)cc2)CC(C)O1. The monoisotopic (exact) mass is 351 g/mol. The average molecular weight is 351 g/mol. The Balaban J connectivity index is 1.75. The summed E-state index contributed by atoms with van der Waals surface area (Å²) in [5.74, 6) is -0.0678. The lowest BCUT2D eigenvalue weighted by Crippen LogP contribution is -2.48. The van der Waals surface area contributed by atoms with Crippen LogP contribution in [0.25, 0.3) is 0 Å². The lowest BCUT2D eigenvalue weighted by atomic mass is 10.1. The molecule has 132 valence electrons. The molecule has 2 fully saturated rings. The summed E-state index contributed by atoms with van der Waals surface area (Å²) >= 11 is 0. The van der Waals surface area contributed by atoms with Crippen LogP contribution in [0.1, 0.15) is 49.9 Å². The van der Waals surface area contributed by atoms with Crippen LogP contribution in [0.2, 0.25) is 0 Å². The fourth-order valence-electron chi connectivity index (χ4n) is 3.70. The van der Waals surface area contributed by atoms with Gasteiger partial charge in [0, 0.05) is 18.7 Å². The first kappa shape index (κ1) is 17.4. The first-order valence-corrected chi connectivity index (χ1v) is 10.2. The Morgan fingerprint density at radius 3 is 2.12 bits per heavy atom. The highest BCUT2D eigenvalue weighted by molar-refractivity contribution is 7.92. The van der Waals surface area contributed by atoms with Gasteiger partial charge in [-0.15, -0.1) is 0 Å². The first-order valence-electron chi connectivity index (χ1n) is 8.66. The second-order valence-electron chi connectivity index (χ2n) is 6.94. The summed E-state index contributed by atoms with van der Waals surface area (Å²) in [6, 6.07) is 6.42. The third-order valence-corrected chi connectivity index (χ3v) is 7.16. The molecule has 0 N–H and O–H groups in total. The topological polar surface area (TPSA) is 63.7 Å². The summed E-state index contributed by atoms with van der Waals surface area (Å²) < 4.78 is 30.8. The largest absolute Gasteiger partial charge is 0.372 e. The van der Waals surface area contributed by atoms with Gasteiger partial charge in [-0.05, 0) is 51.0 Å². The number of rotatable bonds is 3. The lowest BCUT2D eigenvalue weighted by Gasteiger charge is -2.35. The van der Waals surface area contributed by atoms with Gasteiger partial charge in [-0.25, -0.2) is 8.42 Å². The molecule has 0 spiro atoms. The molecule has 1 saturated heterocycles. The Bertz CT molecular complexity index is 682. The normalized spacial score (nSPS) is 25.8. The summed E-state index contributed by atoms with van der Waals surface area (Å²) in [5.41, 5.74) is 0.529. The molecule has 1 aromatic carbocycles. The summed E-state index contributed by atoms with van der Waals surface area (Å²) in [4.78, 5) is 14.7. The quantitative estimate of drug-likeness (QED) is 0.840. The Morgan fingerprint density at radius 1 is 1.04 bits per heavy atom. The van der Waals surface area contributed by atoms with Crippen LogP contribution in [0.5, 0.6) is 0 Å². The third-order valence-electron chi connectivity index (χ3n) is 4.88. The summed E-state index contributed by atoms with van der Waals surface area (Å²) in [6.45, 7) is 5.02. The molecule has 1 aromatic rings. The van der Waals surface area contributed by atoms with Crippen molar-refractivity contribution in [2.45, 2.75) is 61.9 Å². The zero-order chi connectivity index (χ0) is 17.3. The van der Waals surface area contributed by atoms with Crippen molar-refractivity contribution in [1.82, 2.24) is 4.90 Å². The molecular formula is C18H25NO4S. The Labute approximate surface area is 143 Å². The maximum absolute atomic E-state index is 12.6. The molecule has 3 rings (SSSR count). The molecule has 0 bridgehead atoms. The van der Waals surface area contributed by atoms with Gasteiger partial charge in [0.15, 0.2) is 9.84 Å². The average Bonchev–Trinajstić information content (AvgIpc) is 3.08. The van der Waals surface area contributed by atoms with Gasteiger partial charge in [0.05, 0.1) is 22.4 Å². The van der Waals surface area contributed by atoms with Crippen LogP contribution >= 0.6 is 0 Å². The highest BCUT2D eigenvalue weighted by Crippen LogP contribution is 2.29. The molecule has 1 saturated carbocycles. The number of hydrogen-bond acceptors (Lipinski definition) is 4. The molecule has 2 unspecified atom stereocenters. The van der Waals surface area contributed by atoms with Gasteiger partial charge in [-0.3, -0.25) is 4.79 Å². The van der Waals surface area contributed by atoms with Crippen molar-refractivity contribution in [1.29, 1.82) is 0 Å². The maximum atomic E-state index is 12.6. The van der Waals surface area contributed by atoms with Crippen LogP contribution in [0, 0.1) is 0 Å². The Morgan fingerprint density at radius 2 is 1.58 bits per heavy atom. The molecule has 0 radical (unpaired) electrons. The van der Waals surface area contributed by atoms with E-state index in [-0.39, 0.29) is 23.4 Å². The molecule has 5 nitrogen and oxygen atoms in total. The van der Waals surface area contributed by atoms with Gasteiger partial charge in [0.2, 0.25) is 0 Å². The van der Waals surface area contributed by atoms with Crippen LogP contribution in [-0.2, 0) is 14.6 Å². The smallest absolute Gasteiger partial charge is 0.254 e. The van der Waals surface area contributed by atoms with E-state index in [2.05, 4.69) is 0 Å². The lowest BCUT2D eigenvalue weighted by molar-refractivity contribution is -0.0586. The van der Waals surface area contributed by atoms with Gasteiger partial charge in [0.25, 0.3) is 5.91 Å². The Hall–Kier alpha value is -1.40. The highest BCUT2D eigenvalue weighted by atomic mass is 32.2. The zero-order valence-electron chi connectivity index (χ0n) is 14.3. The third kappa shape index (κ3) is 3.49. The molecule has 6 heteroatoms. The van der Waals surface area contributed by atoms with Crippen molar-refractivity contribution in [3.63, 3.8) is 0 Å². The van der Waals surface area contributed by atoms with E-state index in [1.807, 2.05) is 13.8 Å². The van der Waals surface area contributed by atoms with Crippen molar-refractivity contribution >= 4 is 15.7 Å². The number of benzene rings is 1. The molecule has 1 aliphatic heterocycles. The standard InChI is InChI=1S/C18H25NO4S/c1-13-11-19(12-14(2)23-13)18(20)15-7-9-17(10-8-15)24(21,22)16-5-3-4-6-16/h7-10,13-14,16H,3-6,11-12H2,1-2H3. The number of ether oxygens (including phenoxy) is 1. The fraction of sp³-hybridized carbons (Fsp3) is 0.611. The Kier molecular flexibility index (Phi) is 4.97. The maximum Gasteiger partial charge on any atom is 0.254 e. The summed E-state index contributed by atoms with van der Waals surface area (Å²) in [7, 11) is -3.27. The number of nitrogens with zero attached hydrogens (tertiary/aromatic N) is 1. The van der Waals surface area contributed by atoms with Crippen LogP contribution in [0.4, 0.5) is 0 Å². The van der Waals surface area contributed by atoms with E-state index >= 15 is 0 Å². The second-order valence-corrected chi connectivity index (χ2v) is 9.17. The van der Waals surface area contributed by atoms with Gasteiger partial charge in [-0.2, -0.15) is 0 Å². The minimum absolute atomic E-state index is 0.0136. The van der Waals surface area contributed by atoms with Crippen molar-refractivity contribution in [3.8, 4) is 0 Å². The van der Waals surface area contributed by atoms with Gasteiger partial charge < -0.3 is 9.64 Å². The van der Waals surface area contributed by atoms with E-state index < -0.39 is 9.84 Å². The van der Waals surface area contributed by atoms with E-state index in [0.29, 0.717) is 23.5 Å². The number of carbonyl (C=O) groups is 1. The van der Waals surface area contributed by atoms with Crippen molar-refractivity contribution in [3.05, 3.63) is 29.8 Å². The minimum atomic E-state index is -3.27. The van der Waals surface area contributed by atoms with Crippen molar-refractivity contribution in [2.75, 3.05) is 13.1 Å². The number of morpholine rings is 1. The van der Waals surface area contributed by atoms with Gasteiger partial charge >= 0.3 is 0 Å². The minimum Gasteiger partial charge on any atom is -0.372 e. The number of sulfone groups is 1. The second kappa shape index (κ2) is 6.84. The van der Waals surface area contributed by atoms with Crippen LogP contribution in [-0.4, -0.2) is 49.8 Å². The number of hydrogen-bond donors (Lipinski definition) is 0.